The lowest BCUT2D eigenvalue weighted by Gasteiger charge is -2.32. The Bertz CT molecular complexity index is 129. The van der Waals surface area contributed by atoms with Crippen molar-refractivity contribution in [3.63, 3.8) is 0 Å². The number of nitrogens with zero attached hydrogens (tertiary/aromatic N) is 1. The minimum atomic E-state index is 0.967. The van der Waals surface area contributed by atoms with Gasteiger partial charge in [0.15, 0.2) is 0 Å². The Kier molecular flexibility index (Phi) is 4.79. The predicted octanol–water partition coefficient (Wildman–Crippen LogP) is 3.15. The first-order valence-corrected chi connectivity index (χ1v) is 6.00. The Labute approximate surface area is 83.5 Å². The van der Waals surface area contributed by atoms with E-state index in [0.29, 0.717) is 0 Å². The summed E-state index contributed by atoms with van der Waals surface area (Å²) in [6.07, 6.45) is 5.87. The summed E-state index contributed by atoms with van der Waals surface area (Å²) in [6, 6.07) is 0. The lowest BCUT2D eigenvalue weighted by atomic mass is 9.80. The van der Waals surface area contributed by atoms with Crippen LogP contribution in [0.1, 0.15) is 46.5 Å². The van der Waals surface area contributed by atoms with Crippen LogP contribution in [0.3, 0.4) is 0 Å². The molecule has 0 saturated heterocycles. The van der Waals surface area contributed by atoms with Gasteiger partial charge in [-0.1, -0.05) is 40.0 Å². The van der Waals surface area contributed by atoms with Crippen molar-refractivity contribution in [1.29, 1.82) is 0 Å². The molecule has 2 atom stereocenters. The first-order valence-electron chi connectivity index (χ1n) is 6.00. The molecule has 13 heavy (non-hydrogen) atoms. The highest BCUT2D eigenvalue weighted by Gasteiger charge is 2.22. The van der Waals surface area contributed by atoms with Gasteiger partial charge in [0.25, 0.3) is 0 Å². The monoisotopic (exact) mass is 183 g/mol. The molecule has 0 heterocycles. The predicted molar refractivity (Wildman–Crippen MR) is 58.9 cm³/mol. The topological polar surface area (TPSA) is 3.24 Å². The van der Waals surface area contributed by atoms with Crippen molar-refractivity contribution in [3.8, 4) is 0 Å². The molecule has 0 aromatic rings. The van der Waals surface area contributed by atoms with E-state index in [1.807, 2.05) is 0 Å². The van der Waals surface area contributed by atoms with Gasteiger partial charge in [0.2, 0.25) is 0 Å². The average Bonchev–Trinajstić information content (AvgIpc) is 2.17. The van der Waals surface area contributed by atoms with Crippen LogP contribution in [0.4, 0.5) is 0 Å². The fourth-order valence-electron chi connectivity index (χ4n) is 2.48. The number of rotatable bonds is 4. The highest BCUT2D eigenvalue weighted by molar-refractivity contribution is 4.74. The molecular weight excluding hydrogens is 158 g/mol. The van der Waals surface area contributed by atoms with Crippen LogP contribution in [-0.2, 0) is 0 Å². The van der Waals surface area contributed by atoms with Gasteiger partial charge >= 0.3 is 0 Å². The average molecular weight is 183 g/mol. The normalized spacial score (nSPS) is 29.5. The number of hydrogen-bond donors (Lipinski definition) is 0. The van der Waals surface area contributed by atoms with E-state index >= 15 is 0 Å². The van der Waals surface area contributed by atoms with Gasteiger partial charge in [0.05, 0.1) is 0 Å². The van der Waals surface area contributed by atoms with Gasteiger partial charge in [0, 0.05) is 6.54 Å². The van der Waals surface area contributed by atoms with Gasteiger partial charge in [-0.05, 0) is 31.3 Å². The maximum atomic E-state index is 2.58. The van der Waals surface area contributed by atoms with Crippen LogP contribution < -0.4 is 0 Å². The van der Waals surface area contributed by atoms with Crippen LogP contribution in [0.5, 0.6) is 0 Å². The molecule has 2 unspecified atom stereocenters. The minimum absolute atomic E-state index is 0.967. The smallest absolute Gasteiger partial charge is 0.00120 e. The molecule has 78 valence electrons. The maximum absolute atomic E-state index is 2.58. The summed E-state index contributed by atoms with van der Waals surface area (Å²) in [5.74, 6) is 1.95. The van der Waals surface area contributed by atoms with Gasteiger partial charge in [-0.2, -0.15) is 0 Å². The quantitative estimate of drug-likeness (QED) is 0.647. The third kappa shape index (κ3) is 3.30. The molecule has 0 aliphatic heterocycles. The molecule has 1 saturated carbocycles. The largest absolute Gasteiger partial charge is 0.304 e. The van der Waals surface area contributed by atoms with Crippen molar-refractivity contribution >= 4 is 0 Å². The molecule has 0 radical (unpaired) electrons. The summed E-state index contributed by atoms with van der Waals surface area (Å²) < 4.78 is 0. The summed E-state index contributed by atoms with van der Waals surface area (Å²) in [5, 5.41) is 0. The second kappa shape index (κ2) is 5.64. The Balaban J connectivity index is 2.32. The van der Waals surface area contributed by atoms with E-state index in [-0.39, 0.29) is 0 Å². The van der Waals surface area contributed by atoms with Crippen LogP contribution in [0.2, 0.25) is 0 Å². The zero-order valence-corrected chi connectivity index (χ0v) is 9.55. The van der Waals surface area contributed by atoms with Crippen LogP contribution >= 0.6 is 0 Å². The molecule has 1 aliphatic carbocycles. The van der Waals surface area contributed by atoms with Crippen molar-refractivity contribution in [2.45, 2.75) is 46.5 Å². The van der Waals surface area contributed by atoms with E-state index in [1.165, 1.54) is 45.3 Å². The van der Waals surface area contributed by atoms with E-state index in [0.717, 1.165) is 11.8 Å². The summed E-state index contributed by atoms with van der Waals surface area (Å²) in [5.41, 5.74) is 0. The van der Waals surface area contributed by atoms with Crippen molar-refractivity contribution in [1.82, 2.24) is 4.90 Å². The van der Waals surface area contributed by atoms with Crippen LogP contribution in [0.15, 0.2) is 0 Å². The van der Waals surface area contributed by atoms with E-state index < -0.39 is 0 Å². The van der Waals surface area contributed by atoms with Gasteiger partial charge in [0.1, 0.15) is 0 Å². The number of hydrogen-bond acceptors (Lipinski definition) is 1. The van der Waals surface area contributed by atoms with E-state index in [1.54, 1.807) is 0 Å². The molecule has 1 rings (SSSR count). The van der Waals surface area contributed by atoms with Crippen LogP contribution in [0.25, 0.3) is 0 Å². The molecule has 0 bridgehead atoms. The molecule has 1 aliphatic rings. The van der Waals surface area contributed by atoms with Crippen molar-refractivity contribution in [2.75, 3.05) is 19.6 Å². The maximum Gasteiger partial charge on any atom is 0.00120 e. The lowest BCUT2D eigenvalue weighted by molar-refractivity contribution is 0.169. The summed E-state index contributed by atoms with van der Waals surface area (Å²) in [4.78, 5) is 2.58. The van der Waals surface area contributed by atoms with Crippen molar-refractivity contribution in [2.24, 2.45) is 11.8 Å². The minimum Gasteiger partial charge on any atom is -0.304 e. The Morgan fingerprint density at radius 2 is 1.69 bits per heavy atom. The second-order valence-corrected chi connectivity index (χ2v) is 4.51. The molecule has 0 N–H and O–H groups in total. The van der Waals surface area contributed by atoms with Gasteiger partial charge < -0.3 is 4.90 Å². The molecular formula is C12H25N. The van der Waals surface area contributed by atoms with E-state index in [9.17, 15) is 0 Å². The summed E-state index contributed by atoms with van der Waals surface area (Å²) in [6.45, 7) is 10.8. The molecule has 1 fully saturated rings. The summed E-state index contributed by atoms with van der Waals surface area (Å²) >= 11 is 0. The van der Waals surface area contributed by atoms with Gasteiger partial charge in [-0.25, -0.2) is 0 Å². The highest BCUT2D eigenvalue weighted by Crippen LogP contribution is 2.29. The molecule has 1 nitrogen and oxygen atoms in total. The SMILES string of the molecule is CCN(CC)CC1CCCCC1C. The van der Waals surface area contributed by atoms with Crippen molar-refractivity contribution < 1.29 is 0 Å². The highest BCUT2D eigenvalue weighted by atomic mass is 15.1. The van der Waals surface area contributed by atoms with E-state index in [2.05, 4.69) is 25.7 Å². The van der Waals surface area contributed by atoms with Crippen LogP contribution in [-0.4, -0.2) is 24.5 Å². The Morgan fingerprint density at radius 1 is 1.08 bits per heavy atom. The molecule has 0 aromatic heterocycles. The molecule has 1 heteroatoms. The summed E-state index contributed by atoms with van der Waals surface area (Å²) in [7, 11) is 0. The third-order valence-corrected chi connectivity index (χ3v) is 3.68. The van der Waals surface area contributed by atoms with Crippen molar-refractivity contribution in [3.05, 3.63) is 0 Å². The zero-order valence-electron chi connectivity index (χ0n) is 9.55. The zero-order chi connectivity index (χ0) is 9.68. The van der Waals surface area contributed by atoms with Gasteiger partial charge in [-0.3, -0.25) is 0 Å². The van der Waals surface area contributed by atoms with E-state index in [4.69, 9.17) is 0 Å². The van der Waals surface area contributed by atoms with Crippen LogP contribution in [0, 0.1) is 11.8 Å². The fourth-order valence-corrected chi connectivity index (χ4v) is 2.48. The Hall–Kier alpha value is -0.0400. The molecule has 0 amide bonds. The third-order valence-electron chi connectivity index (χ3n) is 3.68. The first-order chi connectivity index (χ1) is 6.27. The molecule has 0 aromatic carbocycles. The van der Waals surface area contributed by atoms with Gasteiger partial charge in [-0.15, -0.1) is 0 Å². The first kappa shape index (κ1) is 11.0. The second-order valence-electron chi connectivity index (χ2n) is 4.51. The standard InChI is InChI=1S/C12H25N/c1-4-13(5-2)10-12-9-7-6-8-11(12)3/h11-12H,4-10H2,1-3H3. The Morgan fingerprint density at radius 3 is 2.23 bits per heavy atom. The lowest BCUT2D eigenvalue weighted by Crippen LogP contribution is -2.33. The fraction of sp³-hybridized carbons (Fsp3) is 1.00. The molecule has 0 spiro atoms.